The normalized spacial score (nSPS) is 30.6. The van der Waals surface area contributed by atoms with Gasteiger partial charge in [0.15, 0.2) is 0 Å². The number of carboxylic acid groups (broad SMARTS) is 1. The number of ketones is 1. The molecule has 0 bridgehead atoms. The van der Waals surface area contributed by atoms with Crippen LogP contribution in [0, 0.1) is 11.8 Å². The van der Waals surface area contributed by atoms with Crippen LogP contribution >= 0.6 is 0 Å². The zero-order chi connectivity index (χ0) is 20.8. The molecule has 2 fully saturated rings. The average molecular weight is 398 g/mol. The van der Waals surface area contributed by atoms with E-state index in [2.05, 4.69) is 0 Å². The molecular weight excluding hydrogens is 364 g/mol. The van der Waals surface area contributed by atoms with Crippen molar-refractivity contribution >= 4 is 17.7 Å². The van der Waals surface area contributed by atoms with E-state index in [1.54, 1.807) is 13.8 Å². The van der Waals surface area contributed by atoms with Crippen molar-refractivity contribution in [1.82, 2.24) is 0 Å². The number of esters is 1. The summed E-state index contributed by atoms with van der Waals surface area (Å²) in [6.45, 7) is 6.98. The molecule has 7 atom stereocenters. The van der Waals surface area contributed by atoms with Gasteiger partial charge in [-0.05, 0) is 52.9 Å². The van der Waals surface area contributed by atoms with E-state index in [0.717, 1.165) is 19.3 Å². The third-order valence-electron chi connectivity index (χ3n) is 5.94. The fourth-order valence-corrected chi connectivity index (χ4v) is 4.02. The summed E-state index contributed by atoms with van der Waals surface area (Å²) in [4.78, 5) is 34.9. The predicted molar refractivity (Wildman–Crippen MR) is 102 cm³/mol. The van der Waals surface area contributed by atoms with E-state index < -0.39 is 11.9 Å². The fraction of sp³-hybridized carbons (Fsp3) is 0.857. The lowest BCUT2D eigenvalue weighted by Crippen LogP contribution is -2.32. The van der Waals surface area contributed by atoms with Crippen LogP contribution < -0.4 is 0 Å². The molecule has 0 amide bonds. The van der Waals surface area contributed by atoms with Gasteiger partial charge in [-0.2, -0.15) is 0 Å². The molecule has 0 aromatic carbocycles. The molecule has 2 heterocycles. The van der Waals surface area contributed by atoms with Crippen LogP contribution in [0.15, 0.2) is 0 Å². The van der Waals surface area contributed by atoms with E-state index in [1.807, 2.05) is 13.8 Å². The van der Waals surface area contributed by atoms with Crippen LogP contribution in [0.1, 0.15) is 72.6 Å². The molecule has 0 unspecified atom stereocenters. The lowest BCUT2D eigenvalue weighted by Gasteiger charge is -2.24. The average Bonchev–Trinajstić information content (AvgIpc) is 3.28. The van der Waals surface area contributed by atoms with Crippen LogP contribution in [-0.2, 0) is 28.6 Å². The number of aliphatic carboxylic acids is 1. The summed E-state index contributed by atoms with van der Waals surface area (Å²) in [5.74, 6) is -1.95. The quantitative estimate of drug-likeness (QED) is 0.564. The van der Waals surface area contributed by atoms with E-state index in [1.165, 1.54) is 0 Å². The van der Waals surface area contributed by atoms with Gasteiger partial charge >= 0.3 is 11.9 Å². The summed E-state index contributed by atoms with van der Waals surface area (Å²) < 4.78 is 17.5. The second-order valence-electron chi connectivity index (χ2n) is 8.27. The zero-order valence-electron chi connectivity index (χ0n) is 17.4. The minimum absolute atomic E-state index is 0.0810. The number of hydrogen-bond donors (Lipinski definition) is 1. The van der Waals surface area contributed by atoms with Gasteiger partial charge < -0.3 is 19.3 Å². The first-order valence-electron chi connectivity index (χ1n) is 10.4. The maximum Gasteiger partial charge on any atom is 0.311 e. The van der Waals surface area contributed by atoms with Crippen molar-refractivity contribution < 1.29 is 33.7 Å². The van der Waals surface area contributed by atoms with Crippen LogP contribution in [0.2, 0.25) is 0 Å². The summed E-state index contributed by atoms with van der Waals surface area (Å²) in [6.07, 6.45) is 3.77. The van der Waals surface area contributed by atoms with Crippen molar-refractivity contribution in [2.24, 2.45) is 11.8 Å². The molecular formula is C21H34O7. The Morgan fingerprint density at radius 2 is 1.57 bits per heavy atom. The largest absolute Gasteiger partial charge is 0.481 e. The van der Waals surface area contributed by atoms with Gasteiger partial charge in [-0.1, -0.05) is 6.92 Å². The van der Waals surface area contributed by atoms with Gasteiger partial charge in [0.1, 0.15) is 11.9 Å². The number of carbonyl (C=O) groups is 3. The highest BCUT2D eigenvalue weighted by Gasteiger charge is 2.37. The molecule has 0 aromatic rings. The Hall–Kier alpha value is -1.47. The van der Waals surface area contributed by atoms with Gasteiger partial charge in [-0.3, -0.25) is 14.4 Å². The highest BCUT2D eigenvalue weighted by atomic mass is 16.6. The van der Waals surface area contributed by atoms with Gasteiger partial charge in [0.05, 0.1) is 36.3 Å². The molecule has 1 N–H and O–H groups in total. The Kier molecular flexibility index (Phi) is 8.43. The molecule has 160 valence electrons. The maximum atomic E-state index is 12.6. The number of carbonyl (C=O) groups excluding carboxylic acids is 2. The number of hydrogen-bond acceptors (Lipinski definition) is 6. The van der Waals surface area contributed by atoms with E-state index in [-0.39, 0.29) is 48.2 Å². The van der Waals surface area contributed by atoms with Crippen molar-refractivity contribution in [2.45, 2.75) is 103 Å². The number of rotatable bonds is 10. The van der Waals surface area contributed by atoms with Crippen molar-refractivity contribution in [3.05, 3.63) is 0 Å². The fourth-order valence-electron chi connectivity index (χ4n) is 4.02. The van der Waals surface area contributed by atoms with Crippen LogP contribution in [0.4, 0.5) is 0 Å². The van der Waals surface area contributed by atoms with Crippen molar-refractivity contribution in [1.29, 1.82) is 0 Å². The Morgan fingerprint density at radius 1 is 1.00 bits per heavy atom. The third kappa shape index (κ3) is 6.27. The van der Waals surface area contributed by atoms with Crippen LogP contribution in [0.5, 0.6) is 0 Å². The number of carboxylic acids is 1. The van der Waals surface area contributed by atoms with E-state index in [9.17, 15) is 14.4 Å². The molecule has 7 nitrogen and oxygen atoms in total. The Balaban J connectivity index is 1.80. The summed E-state index contributed by atoms with van der Waals surface area (Å²) in [5.41, 5.74) is 0. The number of Topliss-reactive ketones (excluding diaryl/α,β-unsaturated/α-hetero) is 1. The highest BCUT2D eigenvalue weighted by molar-refractivity contribution is 5.76. The molecule has 0 aromatic heterocycles. The first-order valence-corrected chi connectivity index (χ1v) is 10.4. The Morgan fingerprint density at radius 3 is 2.14 bits per heavy atom. The summed E-state index contributed by atoms with van der Waals surface area (Å²) in [5, 5.41) is 9.13. The monoisotopic (exact) mass is 398 g/mol. The van der Waals surface area contributed by atoms with Crippen molar-refractivity contribution in [3.63, 3.8) is 0 Å². The van der Waals surface area contributed by atoms with Crippen LogP contribution in [0.3, 0.4) is 0 Å². The maximum absolute atomic E-state index is 12.6. The molecule has 2 aliphatic heterocycles. The second kappa shape index (κ2) is 10.3. The molecule has 2 saturated heterocycles. The molecule has 7 heteroatoms. The molecule has 0 aliphatic carbocycles. The lowest BCUT2D eigenvalue weighted by molar-refractivity contribution is -0.160. The Labute approximate surface area is 167 Å². The van der Waals surface area contributed by atoms with Crippen LogP contribution in [-0.4, -0.2) is 53.3 Å². The van der Waals surface area contributed by atoms with Gasteiger partial charge in [0.25, 0.3) is 0 Å². The molecule has 28 heavy (non-hydrogen) atoms. The second-order valence-corrected chi connectivity index (χ2v) is 8.27. The minimum atomic E-state index is -0.849. The molecule has 0 radical (unpaired) electrons. The van der Waals surface area contributed by atoms with E-state index >= 15 is 0 Å². The summed E-state index contributed by atoms with van der Waals surface area (Å²) >= 11 is 0. The predicted octanol–water partition coefficient (Wildman–Crippen LogP) is 3.13. The van der Waals surface area contributed by atoms with Gasteiger partial charge in [0.2, 0.25) is 0 Å². The zero-order valence-corrected chi connectivity index (χ0v) is 17.4. The topological polar surface area (TPSA) is 99.1 Å². The molecule has 2 aliphatic rings. The first-order chi connectivity index (χ1) is 13.2. The lowest BCUT2D eigenvalue weighted by atomic mass is 10.0. The first kappa shape index (κ1) is 22.8. The highest BCUT2D eigenvalue weighted by Crippen LogP contribution is 2.31. The summed E-state index contributed by atoms with van der Waals surface area (Å²) in [7, 11) is 0. The van der Waals surface area contributed by atoms with E-state index in [4.69, 9.17) is 19.3 Å². The smallest absolute Gasteiger partial charge is 0.311 e. The standard InChI is InChI=1S/C21H34O7/c1-5-15(11-17-7-8-18(27-17)13(3)20(23)24)28-21(25)14(4)19-9-6-16(26-19)10-12(2)22/h13-19H,5-11H2,1-4H3,(H,23,24)/t13-,14+,15+,16+,17-,18+,19-/m0/s1. The van der Waals surface area contributed by atoms with E-state index in [0.29, 0.717) is 25.7 Å². The van der Waals surface area contributed by atoms with Crippen molar-refractivity contribution in [2.75, 3.05) is 0 Å². The van der Waals surface area contributed by atoms with Crippen LogP contribution in [0.25, 0.3) is 0 Å². The Bertz CT molecular complexity index is 561. The van der Waals surface area contributed by atoms with Gasteiger partial charge in [-0.25, -0.2) is 0 Å². The SMILES string of the molecule is CC[C@H](C[C@@H]1CC[C@H]([C@H](C)C(=O)O)O1)OC(=O)[C@H](C)[C@@H]1CC[C@H](CC(C)=O)O1. The minimum Gasteiger partial charge on any atom is -0.481 e. The number of ether oxygens (including phenoxy) is 3. The molecule has 0 saturated carbocycles. The molecule has 0 spiro atoms. The molecule has 2 rings (SSSR count). The third-order valence-corrected chi connectivity index (χ3v) is 5.94. The van der Waals surface area contributed by atoms with Gasteiger partial charge in [0, 0.05) is 12.8 Å². The summed E-state index contributed by atoms with van der Waals surface area (Å²) in [6, 6.07) is 0. The van der Waals surface area contributed by atoms with Crippen molar-refractivity contribution in [3.8, 4) is 0 Å². The van der Waals surface area contributed by atoms with Gasteiger partial charge in [-0.15, -0.1) is 0 Å².